The average Bonchev–Trinajstić information content (AvgIpc) is 3.25. The largest absolute Gasteiger partial charge is 0.480 e. The number of carbonyl (C=O) groups is 3. The zero-order valence-electron chi connectivity index (χ0n) is 17.2. The van der Waals surface area contributed by atoms with Crippen molar-refractivity contribution in [1.82, 2.24) is 5.32 Å². The number of fused-ring (bicyclic) bond motifs is 1. The molecular weight excluding hydrogens is 434 g/mol. The number of aliphatic hydroxyl groups is 1. The fraction of sp³-hybridized carbons (Fsp3) is 0.304. The van der Waals surface area contributed by atoms with Gasteiger partial charge in [0.25, 0.3) is 0 Å². The topological polar surface area (TPSA) is 131 Å². The van der Waals surface area contributed by atoms with Crippen LogP contribution in [0.3, 0.4) is 0 Å². The molecular formula is C23H20ClN3O5. The summed E-state index contributed by atoms with van der Waals surface area (Å²) in [6.07, 6.45) is -1.48. The number of carboxylic acids is 1. The second-order valence-corrected chi connectivity index (χ2v) is 8.56. The van der Waals surface area contributed by atoms with E-state index in [1.54, 1.807) is 43.3 Å². The first-order valence-electron chi connectivity index (χ1n) is 9.96. The molecule has 0 spiro atoms. The lowest BCUT2D eigenvalue weighted by Gasteiger charge is -2.33. The van der Waals surface area contributed by atoms with E-state index in [0.717, 1.165) is 10.5 Å². The lowest BCUT2D eigenvalue weighted by atomic mass is 9.76. The molecule has 0 radical (unpaired) electrons. The van der Waals surface area contributed by atoms with Gasteiger partial charge < -0.3 is 10.2 Å². The summed E-state index contributed by atoms with van der Waals surface area (Å²) in [6, 6.07) is 12.2. The van der Waals surface area contributed by atoms with Gasteiger partial charge in [-0.05, 0) is 49.2 Å². The third-order valence-electron chi connectivity index (χ3n) is 6.42. The number of nitriles is 1. The molecule has 0 bridgehead atoms. The molecule has 8 nitrogen and oxygen atoms in total. The summed E-state index contributed by atoms with van der Waals surface area (Å²) in [5.41, 5.74) is -0.135. The number of carboxylic acid groups (broad SMARTS) is 1. The van der Waals surface area contributed by atoms with Crippen LogP contribution in [0, 0.1) is 30.1 Å². The van der Waals surface area contributed by atoms with Crippen LogP contribution in [0.15, 0.2) is 42.5 Å². The van der Waals surface area contributed by atoms with E-state index in [1.165, 1.54) is 13.0 Å². The molecule has 4 rings (SSSR count). The number of carbonyl (C=O) groups excluding carboxylic acids is 2. The smallest absolute Gasteiger partial charge is 0.327 e. The molecule has 2 aliphatic rings. The molecule has 0 aliphatic carbocycles. The summed E-state index contributed by atoms with van der Waals surface area (Å²) < 4.78 is 0. The molecule has 2 saturated heterocycles. The number of hydrogen-bond acceptors (Lipinski definition) is 6. The number of benzene rings is 2. The van der Waals surface area contributed by atoms with Gasteiger partial charge in [0.1, 0.15) is 0 Å². The molecule has 2 aromatic carbocycles. The van der Waals surface area contributed by atoms with Crippen molar-refractivity contribution >= 4 is 35.1 Å². The first-order valence-corrected chi connectivity index (χ1v) is 10.3. The normalized spacial score (nSPS) is 27.8. The first-order chi connectivity index (χ1) is 15.1. The molecule has 2 heterocycles. The number of aryl methyl sites for hydroxylation is 1. The number of amides is 2. The van der Waals surface area contributed by atoms with Gasteiger partial charge in [0.15, 0.2) is 5.54 Å². The van der Waals surface area contributed by atoms with Crippen LogP contribution in [-0.4, -0.2) is 39.6 Å². The number of hydrogen-bond donors (Lipinski definition) is 3. The highest BCUT2D eigenvalue weighted by molar-refractivity contribution is 6.32. The SMILES string of the molecule is Cc1ccc(N2C(=O)C3C(c4ccc(C#N)cc4)NC(C(=O)O)(C(C)O)C3C2=O)cc1Cl. The monoisotopic (exact) mass is 453 g/mol. The van der Waals surface area contributed by atoms with Gasteiger partial charge in [0, 0.05) is 11.1 Å². The number of nitrogens with zero attached hydrogens (tertiary/aromatic N) is 2. The molecule has 2 amide bonds. The van der Waals surface area contributed by atoms with Gasteiger partial charge in [-0.1, -0.05) is 29.8 Å². The maximum Gasteiger partial charge on any atom is 0.327 e. The molecule has 5 unspecified atom stereocenters. The summed E-state index contributed by atoms with van der Waals surface area (Å²) in [7, 11) is 0. The Hall–Kier alpha value is -3.25. The third kappa shape index (κ3) is 3.01. The quantitative estimate of drug-likeness (QED) is 0.604. The maximum absolute atomic E-state index is 13.5. The highest BCUT2D eigenvalue weighted by atomic mass is 35.5. The number of aliphatic carboxylic acids is 1. The first kappa shape index (κ1) is 22.0. The van der Waals surface area contributed by atoms with Crippen molar-refractivity contribution in [2.45, 2.75) is 31.5 Å². The second kappa shape index (κ2) is 7.71. The number of aliphatic hydroxyl groups excluding tert-OH is 1. The molecule has 0 saturated carbocycles. The second-order valence-electron chi connectivity index (χ2n) is 8.15. The molecule has 9 heteroatoms. The van der Waals surface area contributed by atoms with Gasteiger partial charge in [-0.25, -0.2) is 4.90 Å². The maximum atomic E-state index is 13.5. The highest BCUT2D eigenvalue weighted by Crippen LogP contribution is 2.51. The van der Waals surface area contributed by atoms with Crippen molar-refractivity contribution < 1.29 is 24.6 Å². The van der Waals surface area contributed by atoms with Crippen molar-refractivity contribution in [3.05, 3.63) is 64.2 Å². The van der Waals surface area contributed by atoms with Gasteiger partial charge in [-0.2, -0.15) is 5.26 Å². The fourth-order valence-electron chi connectivity index (χ4n) is 4.73. The van der Waals surface area contributed by atoms with Crippen molar-refractivity contribution in [2.75, 3.05) is 4.90 Å². The molecule has 2 aliphatic heterocycles. The van der Waals surface area contributed by atoms with Gasteiger partial charge in [-0.3, -0.25) is 19.7 Å². The lowest BCUT2D eigenvalue weighted by Crippen LogP contribution is -2.62. The minimum absolute atomic E-state index is 0.244. The van der Waals surface area contributed by atoms with Crippen LogP contribution in [0.5, 0.6) is 0 Å². The molecule has 2 fully saturated rings. The van der Waals surface area contributed by atoms with E-state index in [0.29, 0.717) is 16.1 Å². The van der Waals surface area contributed by atoms with E-state index in [1.807, 2.05) is 6.07 Å². The number of anilines is 1. The minimum atomic E-state index is -2.07. The van der Waals surface area contributed by atoms with Gasteiger partial charge in [0.2, 0.25) is 11.8 Å². The lowest BCUT2D eigenvalue weighted by molar-refractivity contribution is -0.154. The van der Waals surface area contributed by atoms with Crippen LogP contribution in [0.25, 0.3) is 0 Å². The Balaban J connectivity index is 1.87. The van der Waals surface area contributed by atoms with Crippen molar-refractivity contribution in [1.29, 1.82) is 5.26 Å². The predicted molar refractivity (Wildman–Crippen MR) is 115 cm³/mol. The third-order valence-corrected chi connectivity index (χ3v) is 6.83. The van der Waals surface area contributed by atoms with Crippen LogP contribution in [-0.2, 0) is 14.4 Å². The highest BCUT2D eigenvalue weighted by Gasteiger charge is 2.70. The van der Waals surface area contributed by atoms with Crippen molar-refractivity contribution in [3.63, 3.8) is 0 Å². The fourth-order valence-corrected chi connectivity index (χ4v) is 4.90. The molecule has 164 valence electrons. The predicted octanol–water partition coefficient (Wildman–Crippen LogP) is 2.17. The number of halogens is 1. The standard InChI is InChI=1S/C23H20ClN3O5/c1-11-3-8-15(9-16(11)24)27-20(29)17-18(21(27)30)23(12(2)28,22(31)32)26-19(17)14-6-4-13(10-25)5-7-14/h3-9,12,17-19,26,28H,1-2H3,(H,31,32). The van der Waals surface area contributed by atoms with Crippen LogP contribution in [0.1, 0.15) is 29.7 Å². The zero-order valence-corrected chi connectivity index (χ0v) is 18.0. The molecule has 3 N–H and O–H groups in total. The van der Waals surface area contributed by atoms with Gasteiger partial charge >= 0.3 is 5.97 Å². The molecule has 0 aromatic heterocycles. The van der Waals surface area contributed by atoms with Gasteiger partial charge in [-0.15, -0.1) is 0 Å². The van der Waals surface area contributed by atoms with E-state index >= 15 is 0 Å². The minimum Gasteiger partial charge on any atom is -0.480 e. The summed E-state index contributed by atoms with van der Waals surface area (Å²) in [6.45, 7) is 3.06. The molecule has 5 atom stereocenters. The summed E-state index contributed by atoms with van der Waals surface area (Å²) in [5, 5.41) is 32.9. The van der Waals surface area contributed by atoms with Crippen molar-refractivity contribution in [3.8, 4) is 6.07 Å². The van der Waals surface area contributed by atoms with Crippen LogP contribution in [0.4, 0.5) is 5.69 Å². The molecule has 32 heavy (non-hydrogen) atoms. The summed E-state index contributed by atoms with van der Waals surface area (Å²) in [5.74, 6) is -5.13. The Bertz CT molecular complexity index is 1170. The van der Waals surface area contributed by atoms with E-state index in [9.17, 15) is 24.6 Å². The Morgan fingerprint density at radius 2 is 1.88 bits per heavy atom. The van der Waals surface area contributed by atoms with E-state index in [-0.39, 0.29) is 5.69 Å². The number of rotatable bonds is 4. The Morgan fingerprint density at radius 1 is 1.22 bits per heavy atom. The Morgan fingerprint density at radius 3 is 2.41 bits per heavy atom. The van der Waals surface area contributed by atoms with Crippen LogP contribution < -0.4 is 10.2 Å². The Labute approximate surface area is 189 Å². The zero-order chi connectivity index (χ0) is 23.4. The number of imide groups is 1. The Kier molecular flexibility index (Phi) is 5.29. The number of nitrogens with one attached hydrogen (secondary N) is 1. The van der Waals surface area contributed by atoms with E-state index in [4.69, 9.17) is 16.9 Å². The van der Waals surface area contributed by atoms with Crippen LogP contribution in [0.2, 0.25) is 5.02 Å². The summed E-state index contributed by atoms with van der Waals surface area (Å²) in [4.78, 5) is 40.4. The molecule has 2 aromatic rings. The van der Waals surface area contributed by atoms with E-state index in [2.05, 4.69) is 5.32 Å². The van der Waals surface area contributed by atoms with Crippen molar-refractivity contribution in [2.24, 2.45) is 11.8 Å². The van der Waals surface area contributed by atoms with Gasteiger partial charge in [0.05, 0.1) is 35.3 Å². The average molecular weight is 454 g/mol. The van der Waals surface area contributed by atoms with E-state index < -0.39 is 47.3 Å². The summed E-state index contributed by atoms with van der Waals surface area (Å²) >= 11 is 6.20. The van der Waals surface area contributed by atoms with Crippen LogP contribution >= 0.6 is 11.6 Å².